The van der Waals surface area contributed by atoms with Gasteiger partial charge in [-0.05, 0) is 39.8 Å². The Morgan fingerprint density at radius 2 is 1.84 bits per heavy atom. The van der Waals surface area contributed by atoms with Crippen molar-refractivity contribution < 1.29 is 4.39 Å². The van der Waals surface area contributed by atoms with Gasteiger partial charge in [-0.3, -0.25) is 4.99 Å². The van der Waals surface area contributed by atoms with E-state index in [-0.39, 0.29) is 11.4 Å². The molecule has 0 atom stereocenters. The molecule has 1 aliphatic rings. The van der Waals surface area contributed by atoms with Gasteiger partial charge in [-0.25, -0.2) is 4.39 Å². The Bertz CT molecular complexity index is 559. The molecule has 1 aromatic rings. The zero-order valence-electron chi connectivity index (χ0n) is 16.0. The lowest BCUT2D eigenvalue weighted by Gasteiger charge is -2.37. The molecule has 0 aliphatic carbocycles. The van der Waals surface area contributed by atoms with Crippen LogP contribution in [0.4, 0.5) is 10.1 Å². The molecule has 1 aliphatic heterocycles. The highest BCUT2D eigenvalue weighted by molar-refractivity contribution is 5.80. The molecule has 5 nitrogen and oxygen atoms in total. The largest absolute Gasteiger partial charge is 0.366 e. The molecule has 1 saturated heterocycles. The van der Waals surface area contributed by atoms with Crippen LogP contribution in [0.1, 0.15) is 27.7 Å². The van der Waals surface area contributed by atoms with Crippen LogP contribution < -0.4 is 15.5 Å². The molecule has 6 heteroatoms. The van der Waals surface area contributed by atoms with Crippen molar-refractivity contribution in [2.24, 2.45) is 4.99 Å². The molecule has 0 unspecified atom stereocenters. The summed E-state index contributed by atoms with van der Waals surface area (Å²) in [4.78, 5) is 9.10. The monoisotopic (exact) mass is 349 g/mol. The van der Waals surface area contributed by atoms with Crippen LogP contribution in [0.15, 0.2) is 29.3 Å². The van der Waals surface area contributed by atoms with E-state index in [9.17, 15) is 4.39 Å². The van der Waals surface area contributed by atoms with Gasteiger partial charge in [-0.15, -0.1) is 0 Å². The van der Waals surface area contributed by atoms with Crippen molar-refractivity contribution in [3.63, 3.8) is 0 Å². The summed E-state index contributed by atoms with van der Waals surface area (Å²) >= 11 is 0. The minimum atomic E-state index is -0.148. The average Bonchev–Trinajstić information content (AvgIpc) is 2.57. The van der Waals surface area contributed by atoms with Gasteiger partial charge in [0.25, 0.3) is 0 Å². The molecule has 2 rings (SSSR count). The fourth-order valence-electron chi connectivity index (χ4n) is 2.89. The van der Waals surface area contributed by atoms with Gasteiger partial charge in [-0.1, -0.05) is 12.1 Å². The molecule has 0 bridgehead atoms. The predicted molar refractivity (Wildman–Crippen MR) is 104 cm³/mol. The number of rotatable bonds is 5. The molecular formula is C19H32FN5. The summed E-state index contributed by atoms with van der Waals surface area (Å²) in [5, 5.41) is 6.83. The van der Waals surface area contributed by atoms with Crippen molar-refractivity contribution in [1.82, 2.24) is 15.5 Å². The highest BCUT2D eigenvalue weighted by Crippen LogP contribution is 2.20. The third-order valence-corrected chi connectivity index (χ3v) is 4.14. The second-order valence-electron chi connectivity index (χ2n) is 7.34. The number of nitrogens with zero attached hydrogens (tertiary/aromatic N) is 3. The second kappa shape index (κ2) is 9.04. The summed E-state index contributed by atoms with van der Waals surface area (Å²) in [7, 11) is 0. The van der Waals surface area contributed by atoms with Crippen molar-refractivity contribution >= 4 is 11.6 Å². The van der Waals surface area contributed by atoms with Gasteiger partial charge < -0.3 is 20.4 Å². The first-order valence-electron chi connectivity index (χ1n) is 9.18. The Balaban J connectivity index is 1.90. The van der Waals surface area contributed by atoms with Crippen LogP contribution in [-0.4, -0.2) is 62.2 Å². The van der Waals surface area contributed by atoms with Crippen molar-refractivity contribution in [2.45, 2.75) is 33.2 Å². The van der Waals surface area contributed by atoms with Crippen LogP contribution in [0.5, 0.6) is 0 Å². The summed E-state index contributed by atoms with van der Waals surface area (Å²) in [5.41, 5.74) is 0.803. The first-order valence-corrected chi connectivity index (χ1v) is 9.18. The topological polar surface area (TPSA) is 42.9 Å². The fraction of sp³-hybridized carbons (Fsp3) is 0.632. The van der Waals surface area contributed by atoms with Crippen LogP contribution in [0.25, 0.3) is 0 Å². The molecule has 0 amide bonds. The molecule has 0 aromatic heterocycles. The molecule has 0 radical (unpaired) electrons. The number of halogens is 1. The van der Waals surface area contributed by atoms with E-state index in [1.165, 1.54) is 6.07 Å². The highest BCUT2D eigenvalue weighted by atomic mass is 19.1. The third kappa shape index (κ3) is 6.20. The van der Waals surface area contributed by atoms with Gasteiger partial charge in [0, 0.05) is 44.8 Å². The van der Waals surface area contributed by atoms with E-state index >= 15 is 0 Å². The summed E-state index contributed by atoms with van der Waals surface area (Å²) in [5.74, 6) is 0.802. The van der Waals surface area contributed by atoms with E-state index in [2.05, 4.69) is 48.1 Å². The number of anilines is 1. The first kappa shape index (κ1) is 19.5. The number of nitrogens with one attached hydrogen (secondary N) is 2. The number of guanidine groups is 1. The highest BCUT2D eigenvalue weighted by Gasteiger charge is 2.21. The Morgan fingerprint density at radius 1 is 1.16 bits per heavy atom. The maximum absolute atomic E-state index is 14.0. The van der Waals surface area contributed by atoms with E-state index in [0.717, 1.165) is 51.8 Å². The summed E-state index contributed by atoms with van der Waals surface area (Å²) in [6.45, 7) is 14.3. The lowest BCUT2D eigenvalue weighted by atomic mass is 10.1. The van der Waals surface area contributed by atoms with E-state index in [0.29, 0.717) is 5.69 Å². The number of para-hydroxylation sites is 1. The first-order chi connectivity index (χ1) is 11.9. The molecular weight excluding hydrogens is 317 g/mol. The van der Waals surface area contributed by atoms with E-state index in [1.807, 2.05) is 12.1 Å². The Hall–Kier alpha value is -1.82. The number of aliphatic imine (C=N–C) groups is 1. The van der Waals surface area contributed by atoms with Crippen LogP contribution >= 0.6 is 0 Å². The van der Waals surface area contributed by atoms with E-state index < -0.39 is 0 Å². The number of hydrogen-bond donors (Lipinski definition) is 2. The fourth-order valence-corrected chi connectivity index (χ4v) is 2.89. The van der Waals surface area contributed by atoms with Gasteiger partial charge in [0.15, 0.2) is 5.96 Å². The quantitative estimate of drug-likeness (QED) is 0.486. The van der Waals surface area contributed by atoms with Crippen molar-refractivity contribution in [3.8, 4) is 0 Å². The number of hydrogen-bond acceptors (Lipinski definition) is 3. The Morgan fingerprint density at radius 3 is 2.44 bits per heavy atom. The van der Waals surface area contributed by atoms with E-state index in [1.54, 1.807) is 6.07 Å². The summed E-state index contributed by atoms with van der Waals surface area (Å²) in [6, 6.07) is 6.99. The molecule has 140 valence electrons. The number of piperazine rings is 1. The predicted octanol–water partition coefficient (Wildman–Crippen LogP) is 2.30. The standard InChI is InChI=1S/C19H32FN5/c1-5-21-18(22-10-11-23-19(2,3)4)25-14-12-24(13-15-25)17-9-7-6-8-16(17)20/h6-9,23H,5,10-15H2,1-4H3,(H,21,22). The van der Waals surface area contributed by atoms with Crippen molar-refractivity contribution in [1.29, 1.82) is 0 Å². The summed E-state index contributed by atoms with van der Waals surface area (Å²) < 4.78 is 14.0. The SMILES string of the molecule is CCNC(=NCCNC(C)(C)C)N1CCN(c2ccccc2F)CC1. The van der Waals surface area contributed by atoms with E-state index in [4.69, 9.17) is 4.99 Å². The number of benzene rings is 1. The molecule has 1 heterocycles. The molecule has 1 aromatic carbocycles. The maximum atomic E-state index is 14.0. The zero-order chi connectivity index (χ0) is 18.3. The normalized spacial score (nSPS) is 16.3. The zero-order valence-corrected chi connectivity index (χ0v) is 16.0. The van der Waals surface area contributed by atoms with Crippen molar-refractivity contribution in [2.75, 3.05) is 50.7 Å². The van der Waals surface area contributed by atoms with Gasteiger partial charge in [0.1, 0.15) is 5.82 Å². The molecule has 0 spiro atoms. The van der Waals surface area contributed by atoms with Crippen molar-refractivity contribution in [3.05, 3.63) is 30.1 Å². The minimum Gasteiger partial charge on any atom is -0.366 e. The second-order valence-corrected chi connectivity index (χ2v) is 7.34. The van der Waals surface area contributed by atoms with Crippen LogP contribution in [0.2, 0.25) is 0 Å². The lowest BCUT2D eigenvalue weighted by molar-refractivity contribution is 0.369. The molecule has 1 fully saturated rings. The maximum Gasteiger partial charge on any atom is 0.194 e. The van der Waals surface area contributed by atoms with Gasteiger partial charge in [-0.2, -0.15) is 0 Å². The molecule has 2 N–H and O–H groups in total. The van der Waals surface area contributed by atoms with Gasteiger partial charge >= 0.3 is 0 Å². The Kier molecular flexibility index (Phi) is 7.05. The lowest BCUT2D eigenvalue weighted by Crippen LogP contribution is -2.53. The van der Waals surface area contributed by atoms with Crippen LogP contribution in [0.3, 0.4) is 0 Å². The molecule has 25 heavy (non-hydrogen) atoms. The van der Waals surface area contributed by atoms with Crippen LogP contribution in [0, 0.1) is 5.82 Å². The third-order valence-electron chi connectivity index (χ3n) is 4.14. The Labute approximate surface area is 151 Å². The van der Waals surface area contributed by atoms with Crippen LogP contribution in [-0.2, 0) is 0 Å². The average molecular weight is 349 g/mol. The van der Waals surface area contributed by atoms with Gasteiger partial charge in [0.2, 0.25) is 0 Å². The van der Waals surface area contributed by atoms with Gasteiger partial charge in [0.05, 0.1) is 12.2 Å². The molecule has 0 saturated carbocycles. The smallest absolute Gasteiger partial charge is 0.194 e. The summed E-state index contributed by atoms with van der Waals surface area (Å²) in [6.07, 6.45) is 0. The minimum absolute atomic E-state index is 0.110.